The smallest absolute Gasteiger partial charge is 0.256 e. The molecule has 0 atom stereocenters. The molecule has 0 spiro atoms. The molecule has 0 aliphatic heterocycles. The maximum absolute atomic E-state index is 15.0. The van der Waals surface area contributed by atoms with E-state index >= 15 is 8.78 Å². The van der Waals surface area contributed by atoms with Gasteiger partial charge < -0.3 is 10.3 Å². The molecule has 4 aromatic heterocycles. The molecular weight excluding hydrogens is 598 g/mol. The van der Waals surface area contributed by atoms with Crippen molar-refractivity contribution in [2.75, 3.05) is 15.9 Å². The topological polar surface area (TPSA) is 139 Å². The summed E-state index contributed by atoms with van der Waals surface area (Å²) in [5.41, 5.74) is 0.437. The maximum atomic E-state index is 15.0. The number of H-pyrrole nitrogens is 1. The van der Waals surface area contributed by atoms with Crippen LogP contribution in [0.1, 0.15) is 11.4 Å². The summed E-state index contributed by atoms with van der Waals surface area (Å²) in [5.74, 6) is -1.29. The van der Waals surface area contributed by atoms with E-state index in [0.717, 1.165) is 38.6 Å². The number of fused-ring (bicyclic) bond motifs is 1. The van der Waals surface area contributed by atoms with Crippen molar-refractivity contribution in [3.05, 3.63) is 106 Å². The summed E-state index contributed by atoms with van der Waals surface area (Å²) < 4.78 is 57.7. The average molecular weight is 621 g/mol. The molecule has 2 N–H and O–H groups in total. The van der Waals surface area contributed by atoms with Crippen molar-refractivity contribution in [1.82, 2.24) is 29.5 Å². The molecule has 0 unspecified atom stereocenters. The Morgan fingerprint density at radius 1 is 1.05 bits per heavy atom. The third-order valence-electron chi connectivity index (χ3n) is 6.52. The number of anilines is 3. The molecular formula is C28H22F2N8O3S2. The SMILES string of the molecule is Cc1ccc(N(c2nccs2)S(C)(=O)=O)cc1-c1nc(NCc2ncc[nH]2)nc2c1ccc(=O)n2-c1c(F)cccc1F. The first kappa shape index (κ1) is 28.1. The van der Waals surface area contributed by atoms with Crippen LogP contribution in [-0.4, -0.2) is 44.2 Å². The number of aromatic nitrogens is 6. The molecule has 6 rings (SSSR count). The first-order valence-corrected chi connectivity index (χ1v) is 15.5. The molecule has 4 heterocycles. The zero-order valence-corrected chi connectivity index (χ0v) is 24.2. The molecule has 218 valence electrons. The number of imidazole rings is 1. The number of pyridine rings is 1. The van der Waals surface area contributed by atoms with Crippen molar-refractivity contribution < 1.29 is 17.2 Å². The van der Waals surface area contributed by atoms with Crippen molar-refractivity contribution in [3.63, 3.8) is 0 Å². The minimum absolute atomic E-state index is 0.0414. The van der Waals surface area contributed by atoms with Gasteiger partial charge in [-0.2, -0.15) is 4.98 Å². The molecule has 2 aromatic carbocycles. The molecule has 11 nitrogen and oxygen atoms in total. The number of thiazole rings is 1. The first-order valence-electron chi connectivity index (χ1n) is 12.7. The van der Waals surface area contributed by atoms with E-state index < -0.39 is 32.9 Å². The van der Waals surface area contributed by atoms with E-state index in [1.807, 2.05) is 6.92 Å². The van der Waals surface area contributed by atoms with Crippen molar-refractivity contribution in [3.8, 4) is 16.9 Å². The fourth-order valence-electron chi connectivity index (χ4n) is 4.63. The second-order valence-electron chi connectivity index (χ2n) is 9.44. The molecule has 0 saturated heterocycles. The Bertz CT molecular complexity index is 2110. The molecule has 15 heteroatoms. The lowest BCUT2D eigenvalue weighted by Crippen LogP contribution is -2.24. The minimum Gasteiger partial charge on any atom is -0.347 e. The highest BCUT2D eigenvalue weighted by Gasteiger charge is 2.25. The van der Waals surface area contributed by atoms with E-state index in [-0.39, 0.29) is 23.3 Å². The third kappa shape index (κ3) is 5.35. The fraction of sp³-hybridized carbons (Fsp3) is 0.107. The van der Waals surface area contributed by atoms with Crippen LogP contribution < -0.4 is 15.2 Å². The predicted octanol–water partition coefficient (Wildman–Crippen LogP) is 4.92. The molecule has 0 amide bonds. The number of rotatable bonds is 8. The third-order valence-corrected chi connectivity index (χ3v) is 8.43. The molecule has 6 aromatic rings. The van der Waals surface area contributed by atoms with Crippen LogP contribution in [0.15, 0.2) is 77.3 Å². The molecule has 0 saturated carbocycles. The Labute approximate surface area is 247 Å². The molecule has 0 aliphatic carbocycles. The van der Waals surface area contributed by atoms with Gasteiger partial charge in [0.05, 0.1) is 24.2 Å². The largest absolute Gasteiger partial charge is 0.347 e. The lowest BCUT2D eigenvalue weighted by molar-refractivity contribution is 0.568. The zero-order chi connectivity index (χ0) is 30.3. The quantitative estimate of drug-likeness (QED) is 0.245. The number of sulfonamides is 1. The van der Waals surface area contributed by atoms with Crippen LogP contribution in [0.4, 0.5) is 25.5 Å². The summed E-state index contributed by atoms with van der Waals surface area (Å²) in [6.45, 7) is 1.98. The molecule has 0 bridgehead atoms. The number of hydrogen-bond donors (Lipinski definition) is 2. The highest BCUT2D eigenvalue weighted by molar-refractivity contribution is 7.92. The summed E-state index contributed by atoms with van der Waals surface area (Å²) in [7, 11) is -3.80. The maximum Gasteiger partial charge on any atom is 0.256 e. The van der Waals surface area contributed by atoms with E-state index in [4.69, 9.17) is 4.98 Å². The van der Waals surface area contributed by atoms with Crippen molar-refractivity contribution in [1.29, 1.82) is 0 Å². The van der Waals surface area contributed by atoms with Gasteiger partial charge in [0, 0.05) is 41.0 Å². The summed E-state index contributed by atoms with van der Waals surface area (Å²) >= 11 is 1.15. The van der Waals surface area contributed by atoms with E-state index in [2.05, 4.69) is 25.3 Å². The molecule has 0 fully saturated rings. The van der Waals surface area contributed by atoms with E-state index in [1.165, 1.54) is 24.4 Å². The van der Waals surface area contributed by atoms with E-state index in [0.29, 0.717) is 33.7 Å². The summed E-state index contributed by atoms with van der Waals surface area (Å²) in [4.78, 5) is 33.7. The van der Waals surface area contributed by atoms with Gasteiger partial charge in [0.1, 0.15) is 23.1 Å². The Kier molecular flexibility index (Phi) is 7.19. The minimum atomic E-state index is -3.80. The van der Waals surface area contributed by atoms with Crippen LogP contribution in [0.3, 0.4) is 0 Å². The van der Waals surface area contributed by atoms with Crippen LogP contribution in [0.25, 0.3) is 28.0 Å². The van der Waals surface area contributed by atoms with Gasteiger partial charge in [0.25, 0.3) is 5.56 Å². The zero-order valence-electron chi connectivity index (χ0n) is 22.6. The number of para-hydroxylation sites is 1. The number of benzene rings is 2. The standard InChI is InChI=1S/C28H22F2N8O3S2/c1-16-6-7-17(38(43(2,40)41)28-33-12-13-42-28)14-19(16)24-18-8-9-23(39)37(25-20(29)4-3-5-21(25)30)26(18)36-27(35-24)34-15-22-31-10-11-32-22/h3-14H,15H2,1-2H3,(H,31,32)(H,34,35,36). The number of nitrogens with one attached hydrogen (secondary N) is 2. The van der Waals surface area contributed by atoms with Crippen molar-refractivity contribution in [2.45, 2.75) is 13.5 Å². The monoisotopic (exact) mass is 620 g/mol. The van der Waals surface area contributed by atoms with Gasteiger partial charge in [-0.25, -0.2) is 36.5 Å². The van der Waals surface area contributed by atoms with Crippen LogP contribution >= 0.6 is 11.3 Å². The van der Waals surface area contributed by atoms with E-state index in [9.17, 15) is 13.2 Å². The lowest BCUT2D eigenvalue weighted by atomic mass is 10.0. The van der Waals surface area contributed by atoms with Gasteiger partial charge in [0.2, 0.25) is 21.1 Å². The number of nitrogens with zero attached hydrogens (tertiary/aromatic N) is 6. The second kappa shape index (κ2) is 11.0. The Morgan fingerprint density at radius 3 is 2.51 bits per heavy atom. The predicted molar refractivity (Wildman–Crippen MR) is 160 cm³/mol. The van der Waals surface area contributed by atoms with Gasteiger partial charge in [0.15, 0.2) is 5.65 Å². The molecule has 43 heavy (non-hydrogen) atoms. The number of aromatic amines is 1. The molecule has 0 radical (unpaired) electrons. The van der Waals surface area contributed by atoms with Crippen LogP contribution in [0, 0.1) is 18.6 Å². The molecule has 0 aliphatic rings. The Balaban J connectivity index is 1.63. The first-order chi connectivity index (χ1) is 20.6. The summed E-state index contributed by atoms with van der Waals surface area (Å²) in [5, 5.41) is 5.25. The highest BCUT2D eigenvalue weighted by atomic mass is 32.2. The number of aryl methyl sites for hydroxylation is 1. The van der Waals surface area contributed by atoms with Crippen LogP contribution in [-0.2, 0) is 16.6 Å². The highest BCUT2D eigenvalue weighted by Crippen LogP contribution is 2.37. The van der Waals surface area contributed by atoms with Gasteiger partial charge in [-0.1, -0.05) is 12.1 Å². The summed E-state index contributed by atoms with van der Waals surface area (Å²) in [6.07, 6.45) is 5.80. The van der Waals surface area contributed by atoms with Crippen LogP contribution in [0.2, 0.25) is 0 Å². The lowest BCUT2D eigenvalue weighted by Gasteiger charge is -2.21. The second-order valence-corrected chi connectivity index (χ2v) is 12.1. The summed E-state index contributed by atoms with van der Waals surface area (Å²) in [6, 6.07) is 11.0. The Morgan fingerprint density at radius 2 is 1.84 bits per heavy atom. The van der Waals surface area contributed by atoms with Gasteiger partial charge in [-0.05, 0) is 42.8 Å². The Hall–Kier alpha value is -5.02. The van der Waals surface area contributed by atoms with Crippen molar-refractivity contribution >= 4 is 49.2 Å². The van der Waals surface area contributed by atoms with Gasteiger partial charge in [-0.15, -0.1) is 11.3 Å². The van der Waals surface area contributed by atoms with Crippen molar-refractivity contribution in [2.24, 2.45) is 0 Å². The number of hydrogen-bond acceptors (Lipinski definition) is 9. The van der Waals surface area contributed by atoms with Crippen LogP contribution in [0.5, 0.6) is 0 Å². The van der Waals surface area contributed by atoms with Gasteiger partial charge >= 0.3 is 0 Å². The van der Waals surface area contributed by atoms with Gasteiger partial charge in [-0.3, -0.25) is 9.36 Å². The average Bonchev–Trinajstić information content (AvgIpc) is 3.68. The normalized spacial score (nSPS) is 11.6. The number of halogens is 2. The van der Waals surface area contributed by atoms with E-state index in [1.54, 1.807) is 36.0 Å². The fourth-order valence-corrected chi connectivity index (χ4v) is 6.56.